The lowest BCUT2D eigenvalue weighted by molar-refractivity contribution is 1.46. The van der Waals surface area contributed by atoms with Gasteiger partial charge in [0.2, 0.25) is 0 Å². The minimum atomic E-state index is 1.23. The van der Waals surface area contributed by atoms with Crippen LogP contribution in [0.15, 0.2) is 107 Å². The molecule has 0 aliphatic carbocycles. The summed E-state index contributed by atoms with van der Waals surface area (Å²) in [6.07, 6.45) is 8.83. The number of aryl methyl sites for hydroxylation is 2. The molecule has 0 atom stereocenters. The zero-order chi connectivity index (χ0) is 25.2. The minimum Gasteiger partial charge on any atom is -0.136 e. The van der Waals surface area contributed by atoms with Crippen LogP contribution in [0.2, 0.25) is 0 Å². The average molecular weight is 531 g/mol. The maximum absolute atomic E-state index is 2.32. The van der Waals surface area contributed by atoms with Gasteiger partial charge in [0.25, 0.3) is 0 Å². The van der Waals surface area contributed by atoms with E-state index in [1.165, 1.54) is 62.0 Å². The Hall–Kier alpha value is -3.37. The molecule has 2 aromatic heterocycles. The molecule has 0 saturated carbocycles. The van der Waals surface area contributed by atoms with Crippen LogP contribution in [0.25, 0.3) is 44.5 Å². The SMILES string of the molecule is Cc1ccc(C=Cc2cc3ccc(Sc4ccc5cc(C=Cc6ccc(C)cc6)sc5c4)cc3s2)cc1. The summed E-state index contributed by atoms with van der Waals surface area (Å²) < 4.78 is 2.66. The Morgan fingerprint density at radius 2 is 0.919 bits per heavy atom. The average Bonchev–Trinajstić information content (AvgIpc) is 3.51. The number of benzene rings is 4. The van der Waals surface area contributed by atoms with Crippen LogP contribution in [0.3, 0.4) is 0 Å². The lowest BCUT2D eigenvalue weighted by Crippen LogP contribution is -1.73. The van der Waals surface area contributed by atoms with Gasteiger partial charge in [-0.25, -0.2) is 0 Å². The first-order valence-corrected chi connectivity index (χ1v) is 14.8. The van der Waals surface area contributed by atoms with E-state index in [1.807, 2.05) is 34.4 Å². The van der Waals surface area contributed by atoms with Gasteiger partial charge in [-0.15, -0.1) is 22.7 Å². The highest BCUT2D eigenvalue weighted by Crippen LogP contribution is 2.37. The zero-order valence-corrected chi connectivity index (χ0v) is 23.2. The Bertz CT molecular complexity index is 1610. The summed E-state index contributed by atoms with van der Waals surface area (Å²) in [5.41, 5.74) is 5.05. The molecule has 0 bridgehead atoms. The van der Waals surface area contributed by atoms with E-state index in [2.05, 4.69) is 135 Å². The van der Waals surface area contributed by atoms with Crippen LogP contribution < -0.4 is 0 Å². The Morgan fingerprint density at radius 3 is 1.35 bits per heavy atom. The quantitative estimate of drug-likeness (QED) is 0.206. The van der Waals surface area contributed by atoms with Crippen molar-refractivity contribution in [1.29, 1.82) is 0 Å². The van der Waals surface area contributed by atoms with Crippen molar-refractivity contribution >= 4 is 78.9 Å². The highest BCUT2D eigenvalue weighted by atomic mass is 32.2. The highest BCUT2D eigenvalue weighted by molar-refractivity contribution is 7.99. The third-order valence-electron chi connectivity index (χ3n) is 6.29. The molecule has 6 aromatic rings. The van der Waals surface area contributed by atoms with Gasteiger partial charge in [0.1, 0.15) is 0 Å². The molecule has 0 nitrogen and oxygen atoms in total. The lowest BCUT2D eigenvalue weighted by atomic mass is 10.1. The fraction of sp³-hybridized carbons (Fsp3) is 0.0588. The second-order valence-corrected chi connectivity index (χ2v) is 12.7. The van der Waals surface area contributed by atoms with Gasteiger partial charge in [-0.05, 0) is 84.3 Å². The number of thiophene rings is 2. The van der Waals surface area contributed by atoms with Gasteiger partial charge in [-0.1, -0.05) is 95.7 Å². The molecule has 2 heterocycles. The van der Waals surface area contributed by atoms with E-state index in [9.17, 15) is 0 Å². The third-order valence-corrected chi connectivity index (χ3v) is 9.40. The standard InChI is InChI=1S/C34H26S3/c1-23-3-7-25(8-4-23)11-15-29-19-27-13-17-31(21-33(27)36-29)35-32-18-14-28-20-30(37-34(28)22-32)16-12-26-9-5-24(2)6-10-26/h3-22H,1-2H3. The molecule has 0 fully saturated rings. The van der Waals surface area contributed by atoms with E-state index >= 15 is 0 Å². The van der Waals surface area contributed by atoms with E-state index in [4.69, 9.17) is 0 Å². The summed E-state index contributed by atoms with van der Waals surface area (Å²) in [5, 5.41) is 2.60. The molecular weight excluding hydrogens is 505 g/mol. The predicted molar refractivity (Wildman–Crippen MR) is 168 cm³/mol. The first-order chi connectivity index (χ1) is 18.1. The van der Waals surface area contributed by atoms with Crippen molar-refractivity contribution in [1.82, 2.24) is 0 Å². The first-order valence-electron chi connectivity index (χ1n) is 12.3. The van der Waals surface area contributed by atoms with E-state index in [1.54, 1.807) is 0 Å². The summed E-state index contributed by atoms with van der Waals surface area (Å²) >= 11 is 5.53. The van der Waals surface area contributed by atoms with E-state index in [0.29, 0.717) is 0 Å². The van der Waals surface area contributed by atoms with Gasteiger partial charge in [0.05, 0.1) is 0 Å². The molecule has 0 radical (unpaired) electrons. The third kappa shape index (κ3) is 5.80. The molecule has 37 heavy (non-hydrogen) atoms. The fourth-order valence-corrected chi connectivity index (χ4v) is 7.26. The van der Waals surface area contributed by atoms with Gasteiger partial charge < -0.3 is 0 Å². The molecule has 3 heteroatoms. The van der Waals surface area contributed by atoms with Crippen LogP contribution in [-0.4, -0.2) is 0 Å². The molecule has 0 aliphatic heterocycles. The van der Waals surface area contributed by atoms with E-state index < -0.39 is 0 Å². The van der Waals surface area contributed by atoms with E-state index in [0.717, 1.165) is 0 Å². The largest absolute Gasteiger partial charge is 0.136 e. The summed E-state index contributed by atoms with van der Waals surface area (Å²) in [5.74, 6) is 0. The monoisotopic (exact) mass is 530 g/mol. The van der Waals surface area contributed by atoms with Crippen LogP contribution in [0.4, 0.5) is 0 Å². The maximum atomic E-state index is 2.32. The van der Waals surface area contributed by atoms with Gasteiger partial charge in [-0.3, -0.25) is 0 Å². The summed E-state index contributed by atoms with van der Waals surface area (Å²) in [6.45, 7) is 4.24. The Balaban J connectivity index is 1.18. The van der Waals surface area contributed by atoms with Crippen molar-refractivity contribution in [2.75, 3.05) is 0 Å². The summed E-state index contributed by atoms with van der Waals surface area (Å²) in [6, 6.07) is 35.5. The molecule has 4 aromatic carbocycles. The van der Waals surface area contributed by atoms with Gasteiger partial charge >= 0.3 is 0 Å². The molecule has 6 rings (SSSR count). The number of hydrogen-bond donors (Lipinski definition) is 0. The fourth-order valence-electron chi connectivity index (χ4n) is 4.20. The first kappa shape index (κ1) is 24.0. The number of hydrogen-bond acceptors (Lipinski definition) is 3. The van der Waals surface area contributed by atoms with Crippen LogP contribution in [0, 0.1) is 13.8 Å². The second kappa shape index (κ2) is 10.5. The van der Waals surface area contributed by atoms with Gasteiger partial charge in [0, 0.05) is 28.9 Å². The Labute approximate surface area is 230 Å². The molecule has 0 spiro atoms. The van der Waals surface area contributed by atoms with Crippen molar-refractivity contribution in [2.24, 2.45) is 0 Å². The van der Waals surface area contributed by atoms with Crippen LogP contribution in [0.5, 0.6) is 0 Å². The Morgan fingerprint density at radius 1 is 0.486 bits per heavy atom. The van der Waals surface area contributed by atoms with Crippen molar-refractivity contribution in [3.63, 3.8) is 0 Å². The normalized spacial score (nSPS) is 11.9. The van der Waals surface area contributed by atoms with E-state index in [-0.39, 0.29) is 0 Å². The molecule has 0 N–H and O–H groups in total. The van der Waals surface area contributed by atoms with Crippen LogP contribution in [0.1, 0.15) is 32.0 Å². The molecule has 0 aliphatic rings. The maximum Gasteiger partial charge on any atom is 0.0360 e. The lowest BCUT2D eigenvalue weighted by Gasteiger charge is -2.02. The summed E-state index contributed by atoms with van der Waals surface area (Å²) in [4.78, 5) is 5.12. The van der Waals surface area contributed by atoms with Crippen molar-refractivity contribution in [3.8, 4) is 0 Å². The molecule has 0 amide bonds. The molecular formula is C34H26S3. The van der Waals surface area contributed by atoms with Gasteiger partial charge in [-0.2, -0.15) is 0 Å². The second-order valence-electron chi connectivity index (χ2n) is 9.29. The molecule has 180 valence electrons. The topological polar surface area (TPSA) is 0 Å². The van der Waals surface area contributed by atoms with Gasteiger partial charge in [0.15, 0.2) is 0 Å². The zero-order valence-electron chi connectivity index (χ0n) is 20.8. The van der Waals surface area contributed by atoms with Crippen molar-refractivity contribution in [2.45, 2.75) is 23.6 Å². The number of rotatable bonds is 6. The van der Waals surface area contributed by atoms with Crippen molar-refractivity contribution < 1.29 is 0 Å². The predicted octanol–water partition coefficient (Wildman–Crippen LogP) is 11.2. The Kier molecular flexibility index (Phi) is 6.84. The molecule has 0 saturated heterocycles. The highest BCUT2D eigenvalue weighted by Gasteiger charge is 2.06. The minimum absolute atomic E-state index is 1.23. The van der Waals surface area contributed by atoms with Crippen LogP contribution >= 0.6 is 34.4 Å². The van der Waals surface area contributed by atoms with Crippen molar-refractivity contribution in [3.05, 3.63) is 129 Å². The van der Waals surface area contributed by atoms with Crippen LogP contribution in [-0.2, 0) is 0 Å². The smallest absolute Gasteiger partial charge is 0.0360 e. The molecule has 0 unspecified atom stereocenters. The number of fused-ring (bicyclic) bond motifs is 2. The summed E-state index contributed by atoms with van der Waals surface area (Å²) in [7, 11) is 0.